The summed E-state index contributed by atoms with van der Waals surface area (Å²) in [6.45, 7) is 0. The lowest BCUT2D eigenvalue weighted by atomic mass is 10.2. The van der Waals surface area contributed by atoms with Crippen LogP contribution in [0.2, 0.25) is 0 Å². The van der Waals surface area contributed by atoms with Crippen LogP contribution in [0, 0.1) is 0 Å². The highest BCUT2D eigenvalue weighted by Gasteiger charge is 2.33. The van der Waals surface area contributed by atoms with Crippen molar-refractivity contribution in [3.63, 3.8) is 0 Å². The van der Waals surface area contributed by atoms with E-state index < -0.39 is 17.8 Å². The van der Waals surface area contributed by atoms with Gasteiger partial charge in [0, 0.05) is 17.3 Å². The van der Waals surface area contributed by atoms with E-state index in [2.05, 4.69) is 15.9 Å². The first-order valence-corrected chi connectivity index (χ1v) is 5.71. The first-order chi connectivity index (χ1) is 8.09. The van der Waals surface area contributed by atoms with Gasteiger partial charge >= 0.3 is 5.97 Å². The number of benzene rings is 1. The Kier molecular flexibility index (Phi) is 3.23. The van der Waals surface area contributed by atoms with Crippen molar-refractivity contribution in [3.05, 3.63) is 34.3 Å². The molecule has 1 heterocycles. The average Bonchev–Trinajstić information content (AvgIpc) is 2.61. The maximum Gasteiger partial charge on any atom is 0.365 e. The van der Waals surface area contributed by atoms with Crippen LogP contribution in [0.1, 0.15) is 23.2 Å². The van der Waals surface area contributed by atoms with Gasteiger partial charge in [0.1, 0.15) is 0 Å². The van der Waals surface area contributed by atoms with Gasteiger partial charge in [-0.2, -0.15) is 0 Å². The van der Waals surface area contributed by atoms with E-state index in [4.69, 9.17) is 4.84 Å². The van der Waals surface area contributed by atoms with Crippen molar-refractivity contribution in [2.75, 3.05) is 0 Å². The van der Waals surface area contributed by atoms with Gasteiger partial charge in [-0.25, -0.2) is 4.79 Å². The fourth-order valence-corrected chi connectivity index (χ4v) is 1.86. The average molecular weight is 298 g/mol. The third-order valence-electron chi connectivity index (χ3n) is 2.27. The Bertz CT molecular complexity index is 484. The van der Waals surface area contributed by atoms with Gasteiger partial charge in [0.05, 0.1) is 5.56 Å². The van der Waals surface area contributed by atoms with Gasteiger partial charge in [0.15, 0.2) is 0 Å². The van der Waals surface area contributed by atoms with Crippen molar-refractivity contribution < 1.29 is 19.2 Å². The van der Waals surface area contributed by atoms with E-state index in [0.717, 1.165) is 0 Å². The molecule has 1 saturated heterocycles. The Hall–Kier alpha value is -1.69. The number of hydrogen-bond acceptors (Lipinski definition) is 4. The first kappa shape index (κ1) is 11.8. The van der Waals surface area contributed by atoms with Gasteiger partial charge < -0.3 is 4.84 Å². The van der Waals surface area contributed by atoms with E-state index >= 15 is 0 Å². The van der Waals surface area contributed by atoms with Crippen molar-refractivity contribution in [1.29, 1.82) is 0 Å². The van der Waals surface area contributed by atoms with Crippen molar-refractivity contribution in [3.8, 4) is 0 Å². The predicted molar refractivity (Wildman–Crippen MR) is 60.6 cm³/mol. The largest absolute Gasteiger partial charge is 0.365 e. The van der Waals surface area contributed by atoms with Crippen LogP contribution in [0.3, 0.4) is 0 Å². The van der Waals surface area contributed by atoms with E-state index in [0.29, 0.717) is 9.54 Å². The molecule has 0 aliphatic carbocycles. The van der Waals surface area contributed by atoms with Crippen LogP contribution in [0.25, 0.3) is 0 Å². The molecular weight excluding hydrogens is 290 g/mol. The molecule has 1 aliphatic heterocycles. The van der Waals surface area contributed by atoms with E-state index in [9.17, 15) is 14.4 Å². The smallest absolute Gasteiger partial charge is 0.325 e. The van der Waals surface area contributed by atoms with Crippen molar-refractivity contribution in [1.82, 2.24) is 5.06 Å². The fraction of sp³-hybridized carbons (Fsp3) is 0.182. The molecule has 2 amide bonds. The highest BCUT2D eigenvalue weighted by atomic mass is 79.9. The summed E-state index contributed by atoms with van der Waals surface area (Å²) in [5.41, 5.74) is 0.264. The molecule has 0 aromatic heterocycles. The molecule has 0 saturated carbocycles. The summed E-state index contributed by atoms with van der Waals surface area (Å²) >= 11 is 3.19. The van der Waals surface area contributed by atoms with Crippen LogP contribution in [0.5, 0.6) is 0 Å². The summed E-state index contributed by atoms with van der Waals surface area (Å²) in [7, 11) is 0. The standard InChI is InChI=1S/C11H8BrNO4/c12-8-4-2-1-3-7(8)11(16)17-13-9(14)5-6-10(13)15/h1-4H,5-6H2. The SMILES string of the molecule is O=C(ON1C(=O)CCC1=O)c1ccccc1Br. The quantitative estimate of drug-likeness (QED) is 0.779. The van der Waals surface area contributed by atoms with Crippen LogP contribution >= 0.6 is 15.9 Å². The lowest BCUT2D eigenvalue weighted by Gasteiger charge is -2.12. The number of halogens is 1. The second kappa shape index (κ2) is 4.67. The van der Waals surface area contributed by atoms with Crippen molar-refractivity contribution >= 4 is 33.7 Å². The van der Waals surface area contributed by atoms with Crippen LogP contribution in [0.4, 0.5) is 0 Å². The molecule has 0 unspecified atom stereocenters. The lowest BCUT2D eigenvalue weighted by molar-refractivity contribution is -0.172. The monoisotopic (exact) mass is 297 g/mol. The minimum atomic E-state index is -0.735. The zero-order chi connectivity index (χ0) is 12.4. The van der Waals surface area contributed by atoms with Gasteiger partial charge in [-0.1, -0.05) is 12.1 Å². The molecule has 17 heavy (non-hydrogen) atoms. The second-order valence-electron chi connectivity index (χ2n) is 3.44. The van der Waals surface area contributed by atoms with Gasteiger partial charge in [0.2, 0.25) is 0 Å². The Labute approximate surface area is 105 Å². The fourth-order valence-electron chi connectivity index (χ4n) is 1.42. The molecule has 1 aromatic rings. The molecule has 0 atom stereocenters. The third kappa shape index (κ3) is 2.36. The number of imide groups is 1. The number of amides is 2. The molecule has 2 rings (SSSR count). The molecule has 0 spiro atoms. The molecule has 1 aliphatic rings. The van der Waals surface area contributed by atoms with Gasteiger partial charge in [-0.3, -0.25) is 9.59 Å². The molecule has 0 bridgehead atoms. The van der Waals surface area contributed by atoms with E-state index in [-0.39, 0.29) is 18.4 Å². The number of carbonyl (C=O) groups excluding carboxylic acids is 3. The molecule has 0 radical (unpaired) electrons. The van der Waals surface area contributed by atoms with Gasteiger partial charge in [-0.15, -0.1) is 5.06 Å². The van der Waals surface area contributed by atoms with E-state index in [1.165, 1.54) is 6.07 Å². The summed E-state index contributed by atoms with van der Waals surface area (Å²) in [5.74, 6) is -1.72. The topological polar surface area (TPSA) is 63.7 Å². The predicted octanol–water partition coefficient (Wildman–Crippen LogP) is 1.67. The molecular formula is C11H8BrNO4. The number of hydrogen-bond donors (Lipinski definition) is 0. The van der Waals surface area contributed by atoms with E-state index in [1.807, 2.05) is 0 Å². The minimum absolute atomic E-state index is 0.0854. The first-order valence-electron chi connectivity index (χ1n) is 4.92. The maximum absolute atomic E-state index is 11.7. The third-order valence-corrected chi connectivity index (χ3v) is 2.97. The molecule has 0 N–H and O–H groups in total. The number of hydroxylamine groups is 2. The lowest BCUT2D eigenvalue weighted by Crippen LogP contribution is -2.32. The molecule has 1 fully saturated rings. The van der Waals surface area contributed by atoms with Crippen LogP contribution in [0.15, 0.2) is 28.7 Å². The minimum Gasteiger partial charge on any atom is -0.325 e. The number of rotatable bonds is 2. The van der Waals surface area contributed by atoms with Crippen LogP contribution < -0.4 is 0 Å². The summed E-state index contributed by atoms with van der Waals surface area (Å²) in [6.07, 6.45) is 0.171. The Balaban J connectivity index is 2.15. The Morgan fingerprint density at radius 1 is 1.18 bits per heavy atom. The summed E-state index contributed by atoms with van der Waals surface area (Å²) < 4.78 is 0.545. The zero-order valence-corrected chi connectivity index (χ0v) is 10.3. The zero-order valence-electron chi connectivity index (χ0n) is 8.68. The maximum atomic E-state index is 11.7. The van der Waals surface area contributed by atoms with Gasteiger partial charge in [0.25, 0.3) is 11.8 Å². The highest BCUT2D eigenvalue weighted by Crippen LogP contribution is 2.19. The van der Waals surface area contributed by atoms with Gasteiger partial charge in [-0.05, 0) is 28.1 Å². The normalized spacial score (nSPS) is 15.2. The Morgan fingerprint density at radius 2 is 1.76 bits per heavy atom. The molecule has 5 nitrogen and oxygen atoms in total. The molecule has 6 heteroatoms. The van der Waals surface area contributed by atoms with E-state index in [1.54, 1.807) is 18.2 Å². The van der Waals surface area contributed by atoms with Crippen LogP contribution in [-0.2, 0) is 14.4 Å². The number of nitrogens with zero attached hydrogens (tertiary/aromatic N) is 1. The molecule has 1 aromatic carbocycles. The Morgan fingerprint density at radius 3 is 2.35 bits per heavy atom. The molecule has 88 valence electrons. The van der Waals surface area contributed by atoms with Crippen molar-refractivity contribution in [2.24, 2.45) is 0 Å². The summed E-state index contributed by atoms with van der Waals surface area (Å²) in [6, 6.07) is 6.61. The highest BCUT2D eigenvalue weighted by molar-refractivity contribution is 9.10. The second-order valence-corrected chi connectivity index (χ2v) is 4.29. The van der Waals surface area contributed by atoms with Crippen molar-refractivity contribution in [2.45, 2.75) is 12.8 Å². The number of carbonyl (C=O) groups is 3. The summed E-state index contributed by atoms with van der Waals surface area (Å²) in [5, 5.41) is 0.530. The van der Waals surface area contributed by atoms with Crippen LogP contribution in [-0.4, -0.2) is 22.8 Å². The summed E-state index contributed by atoms with van der Waals surface area (Å²) in [4.78, 5) is 39.0.